The summed E-state index contributed by atoms with van der Waals surface area (Å²) in [6.45, 7) is 1.54. The van der Waals surface area contributed by atoms with Gasteiger partial charge in [-0.3, -0.25) is 30.6 Å². The average Bonchev–Trinajstić information content (AvgIpc) is 2.71. The molecule has 2 aromatic carbocycles. The van der Waals surface area contributed by atoms with Gasteiger partial charge in [-0.1, -0.05) is 29.8 Å². The first kappa shape index (κ1) is 23.1. The van der Waals surface area contributed by atoms with Gasteiger partial charge >= 0.3 is 0 Å². The van der Waals surface area contributed by atoms with Gasteiger partial charge in [0, 0.05) is 23.6 Å². The van der Waals surface area contributed by atoms with Gasteiger partial charge in [0.1, 0.15) is 5.75 Å². The molecule has 0 saturated carbocycles. The lowest BCUT2D eigenvalue weighted by atomic mass is 10.2. The largest absolute Gasteiger partial charge is 0.483 e. The van der Waals surface area contributed by atoms with Crippen LogP contribution >= 0.6 is 23.8 Å². The van der Waals surface area contributed by atoms with Crippen molar-refractivity contribution in [2.45, 2.75) is 19.8 Å². The lowest BCUT2D eigenvalue weighted by Gasteiger charge is -2.12. The molecule has 4 N–H and O–H groups in total. The quantitative estimate of drug-likeness (QED) is 0.383. The number of aryl methyl sites for hydroxylation is 1. The van der Waals surface area contributed by atoms with E-state index in [1.165, 1.54) is 0 Å². The first-order valence-corrected chi connectivity index (χ1v) is 9.74. The highest BCUT2D eigenvalue weighted by molar-refractivity contribution is 7.80. The van der Waals surface area contributed by atoms with E-state index in [2.05, 4.69) is 21.5 Å². The van der Waals surface area contributed by atoms with Crippen molar-refractivity contribution in [1.29, 1.82) is 0 Å². The number of nitrogens with one attached hydrogen (secondary N) is 4. The fourth-order valence-electron chi connectivity index (χ4n) is 2.27. The smallest absolute Gasteiger partial charge is 0.264 e. The van der Waals surface area contributed by atoms with E-state index in [-0.39, 0.29) is 30.5 Å². The molecule has 0 aromatic heterocycles. The molecule has 0 bridgehead atoms. The van der Waals surface area contributed by atoms with E-state index in [1.807, 2.05) is 6.07 Å². The summed E-state index contributed by atoms with van der Waals surface area (Å²) in [6, 6.07) is 14.0. The predicted octanol–water partition coefficient (Wildman–Crippen LogP) is 2.47. The molecule has 0 atom stereocenters. The number of hydrazine groups is 1. The number of carbonyl (C=O) groups is 3. The number of benzene rings is 2. The molecule has 10 heteroatoms. The number of rotatable bonds is 7. The van der Waals surface area contributed by atoms with Crippen LogP contribution in [0.2, 0.25) is 5.02 Å². The van der Waals surface area contributed by atoms with Crippen LogP contribution in [-0.2, 0) is 14.4 Å². The zero-order valence-electron chi connectivity index (χ0n) is 16.2. The van der Waals surface area contributed by atoms with Gasteiger partial charge < -0.3 is 10.1 Å². The number of anilines is 1. The number of hydrogen-bond acceptors (Lipinski definition) is 5. The van der Waals surface area contributed by atoms with Gasteiger partial charge in [0.25, 0.3) is 5.91 Å². The van der Waals surface area contributed by atoms with Crippen molar-refractivity contribution in [2.24, 2.45) is 0 Å². The van der Waals surface area contributed by atoms with Crippen LogP contribution in [0.1, 0.15) is 18.4 Å². The first-order chi connectivity index (χ1) is 14.3. The summed E-state index contributed by atoms with van der Waals surface area (Å²) in [7, 11) is 0. The standard InChI is InChI=1S/C20H21ClN4O4S/c1-13-11-14(21)7-8-16(13)29-12-19(28)23-20(30)25-24-18(27)10-9-17(26)22-15-5-3-2-4-6-15/h2-8,11H,9-10,12H2,1H3,(H,22,26)(H,24,27)(H2,23,25,28,30). The minimum absolute atomic E-state index is 0.00415. The highest BCUT2D eigenvalue weighted by Crippen LogP contribution is 2.21. The number of amides is 3. The monoisotopic (exact) mass is 448 g/mol. The highest BCUT2D eigenvalue weighted by atomic mass is 35.5. The van der Waals surface area contributed by atoms with E-state index in [1.54, 1.807) is 49.4 Å². The van der Waals surface area contributed by atoms with Gasteiger partial charge in [0.05, 0.1) is 0 Å². The summed E-state index contributed by atoms with van der Waals surface area (Å²) < 4.78 is 5.40. The molecule has 0 radical (unpaired) electrons. The van der Waals surface area contributed by atoms with Crippen LogP contribution in [0.4, 0.5) is 5.69 Å². The maximum absolute atomic E-state index is 11.9. The Bertz CT molecular complexity index is 924. The second-order valence-electron chi connectivity index (χ2n) is 6.16. The summed E-state index contributed by atoms with van der Waals surface area (Å²) in [5.74, 6) is -0.724. The van der Waals surface area contributed by atoms with Crippen molar-refractivity contribution < 1.29 is 19.1 Å². The van der Waals surface area contributed by atoms with Crippen LogP contribution < -0.4 is 26.2 Å². The second kappa shape index (κ2) is 11.7. The Labute approximate surface area is 184 Å². The van der Waals surface area contributed by atoms with E-state index in [9.17, 15) is 14.4 Å². The summed E-state index contributed by atoms with van der Waals surface area (Å²) >= 11 is 10.8. The van der Waals surface area contributed by atoms with Gasteiger partial charge in [0.2, 0.25) is 11.8 Å². The van der Waals surface area contributed by atoms with Crippen molar-refractivity contribution in [3.05, 3.63) is 59.1 Å². The lowest BCUT2D eigenvalue weighted by molar-refractivity contribution is -0.125. The van der Waals surface area contributed by atoms with Crippen LogP contribution in [0.25, 0.3) is 0 Å². The number of halogens is 1. The van der Waals surface area contributed by atoms with Crippen LogP contribution in [0.15, 0.2) is 48.5 Å². The third-order valence-electron chi connectivity index (χ3n) is 3.70. The zero-order chi connectivity index (χ0) is 21.9. The lowest BCUT2D eigenvalue weighted by Crippen LogP contribution is -2.49. The number of thiocarbonyl (C=S) groups is 1. The van der Waals surface area contributed by atoms with Crippen LogP contribution in [0.5, 0.6) is 5.75 Å². The fraction of sp³-hybridized carbons (Fsp3) is 0.200. The number of ether oxygens (including phenoxy) is 1. The Kier molecular flexibility index (Phi) is 9.04. The molecule has 0 aliphatic carbocycles. The van der Waals surface area contributed by atoms with Gasteiger partial charge in [0.15, 0.2) is 11.7 Å². The Balaban J connectivity index is 1.62. The zero-order valence-corrected chi connectivity index (χ0v) is 17.7. The topological polar surface area (TPSA) is 109 Å². The molecule has 30 heavy (non-hydrogen) atoms. The molecule has 0 heterocycles. The van der Waals surface area contributed by atoms with Crippen molar-refractivity contribution >= 4 is 52.3 Å². The molecule has 3 amide bonds. The van der Waals surface area contributed by atoms with Crippen LogP contribution in [0.3, 0.4) is 0 Å². The molecule has 0 unspecified atom stereocenters. The van der Waals surface area contributed by atoms with Crippen molar-refractivity contribution in [3.63, 3.8) is 0 Å². The molecular formula is C20H21ClN4O4S. The van der Waals surface area contributed by atoms with Crippen LogP contribution in [0, 0.1) is 6.92 Å². The first-order valence-electron chi connectivity index (χ1n) is 8.96. The number of hydrogen-bond donors (Lipinski definition) is 4. The van der Waals surface area contributed by atoms with Crippen molar-refractivity contribution in [2.75, 3.05) is 11.9 Å². The molecule has 0 fully saturated rings. The molecule has 2 rings (SSSR count). The maximum atomic E-state index is 11.9. The van der Waals surface area contributed by atoms with E-state index in [0.717, 1.165) is 5.56 Å². The van der Waals surface area contributed by atoms with Gasteiger partial charge in [-0.05, 0) is 55.0 Å². The van der Waals surface area contributed by atoms with Gasteiger partial charge in [-0.2, -0.15) is 0 Å². The third kappa shape index (κ3) is 8.46. The van der Waals surface area contributed by atoms with E-state index >= 15 is 0 Å². The molecule has 2 aromatic rings. The maximum Gasteiger partial charge on any atom is 0.264 e. The SMILES string of the molecule is Cc1cc(Cl)ccc1OCC(=O)NC(=S)NNC(=O)CCC(=O)Nc1ccccc1. The number of para-hydroxylation sites is 1. The Hall–Kier alpha value is -3.17. The Morgan fingerprint density at radius 3 is 2.37 bits per heavy atom. The number of carbonyl (C=O) groups excluding carboxylic acids is 3. The second-order valence-corrected chi connectivity index (χ2v) is 7.01. The van der Waals surface area contributed by atoms with E-state index < -0.39 is 11.8 Å². The molecular weight excluding hydrogens is 428 g/mol. The predicted molar refractivity (Wildman–Crippen MR) is 118 cm³/mol. The van der Waals surface area contributed by atoms with Crippen LogP contribution in [-0.4, -0.2) is 29.4 Å². The minimum Gasteiger partial charge on any atom is -0.483 e. The highest BCUT2D eigenvalue weighted by Gasteiger charge is 2.10. The van der Waals surface area contributed by atoms with Crippen molar-refractivity contribution in [3.8, 4) is 5.75 Å². The third-order valence-corrected chi connectivity index (χ3v) is 4.14. The summed E-state index contributed by atoms with van der Waals surface area (Å²) in [6.07, 6.45) is -0.0585. The van der Waals surface area contributed by atoms with E-state index in [4.69, 9.17) is 28.6 Å². The van der Waals surface area contributed by atoms with Crippen molar-refractivity contribution in [1.82, 2.24) is 16.2 Å². The fourth-order valence-corrected chi connectivity index (χ4v) is 2.66. The summed E-state index contributed by atoms with van der Waals surface area (Å²) in [5, 5.41) is 5.52. The normalized spacial score (nSPS) is 9.93. The summed E-state index contributed by atoms with van der Waals surface area (Å²) in [5.41, 5.74) is 6.16. The molecule has 0 aliphatic heterocycles. The average molecular weight is 449 g/mol. The Morgan fingerprint density at radius 1 is 0.967 bits per heavy atom. The molecule has 0 spiro atoms. The minimum atomic E-state index is -0.502. The van der Waals surface area contributed by atoms with E-state index in [0.29, 0.717) is 16.5 Å². The molecule has 158 valence electrons. The molecule has 0 saturated heterocycles. The molecule has 8 nitrogen and oxygen atoms in total. The van der Waals surface area contributed by atoms with Gasteiger partial charge in [-0.15, -0.1) is 0 Å². The molecule has 0 aliphatic rings. The van der Waals surface area contributed by atoms with Gasteiger partial charge in [-0.25, -0.2) is 0 Å². The summed E-state index contributed by atoms with van der Waals surface area (Å²) in [4.78, 5) is 35.5. The Morgan fingerprint density at radius 2 is 1.67 bits per heavy atom.